The van der Waals surface area contributed by atoms with Crippen LogP contribution in [0.25, 0.3) is 0 Å². The zero-order valence-electron chi connectivity index (χ0n) is 7.22. The van der Waals surface area contributed by atoms with Gasteiger partial charge in [0.25, 0.3) is 0 Å². The lowest BCUT2D eigenvalue weighted by Crippen LogP contribution is -2.00. The van der Waals surface area contributed by atoms with Gasteiger partial charge in [0.1, 0.15) is 7.17 Å². The van der Waals surface area contributed by atoms with Gasteiger partial charge >= 0.3 is 0 Å². The van der Waals surface area contributed by atoms with Crippen molar-refractivity contribution in [1.29, 1.82) is 0 Å². The Bertz CT molecular complexity index is 178. The highest BCUT2D eigenvalue weighted by Gasteiger charge is 1.90. The Morgan fingerprint density at radius 2 is 2.00 bits per heavy atom. The average Bonchev–Trinajstić information content (AvgIpc) is 2.01. The Morgan fingerprint density at radius 3 is 2.45 bits per heavy atom. The van der Waals surface area contributed by atoms with Gasteiger partial charge in [-0.15, -0.1) is 0 Å². The summed E-state index contributed by atoms with van der Waals surface area (Å²) in [6.45, 7) is 9.43. The largest absolute Gasteiger partial charge is 0.123 e. The molecule has 0 atom stereocenters. The second kappa shape index (κ2) is 7.20. The fourth-order valence-electron chi connectivity index (χ4n) is 0.854. The van der Waals surface area contributed by atoms with Crippen LogP contribution >= 0.6 is 0 Å². The molecule has 0 saturated carbocycles. The van der Waals surface area contributed by atoms with E-state index in [-0.39, 0.29) is 0 Å². The van der Waals surface area contributed by atoms with E-state index in [0.29, 0.717) is 0 Å². The molecule has 0 aliphatic heterocycles. The molecule has 11 heavy (non-hydrogen) atoms. The Kier molecular flexibility index (Phi) is 6.60. The molecular formula is C9H14B2. The first-order valence-electron chi connectivity index (χ1n) is 3.95. The molecule has 0 radical (unpaired) electrons. The minimum atomic E-state index is 1.11. The quantitative estimate of drug-likeness (QED) is 0.406. The summed E-state index contributed by atoms with van der Waals surface area (Å²) in [4.78, 5) is 0. The van der Waals surface area contributed by atoms with Crippen molar-refractivity contribution in [2.24, 2.45) is 0 Å². The highest BCUT2D eigenvalue weighted by Crippen LogP contribution is 1.94. The molecule has 2 heteroatoms. The van der Waals surface area contributed by atoms with Crippen molar-refractivity contribution < 1.29 is 0 Å². The average molecular weight is 144 g/mol. The maximum atomic E-state index is 3.65. The highest BCUT2D eigenvalue weighted by atomic mass is 13.7. The summed E-state index contributed by atoms with van der Waals surface area (Å²) in [5.74, 6) is 0. The van der Waals surface area contributed by atoms with Gasteiger partial charge in [0.2, 0.25) is 0 Å². The summed E-state index contributed by atoms with van der Waals surface area (Å²) in [5.41, 5.74) is 1.31. The predicted molar refractivity (Wildman–Crippen MR) is 57.8 cm³/mol. The third kappa shape index (κ3) is 5.53. The lowest BCUT2D eigenvalue weighted by Gasteiger charge is -1.92. The topological polar surface area (TPSA) is 0 Å². The van der Waals surface area contributed by atoms with Crippen LogP contribution in [0, 0.1) is 0 Å². The van der Waals surface area contributed by atoms with Gasteiger partial charge in [-0.05, 0) is 0 Å². The van der Waals surface area contributed by atoms with Crippen molar-refractivity contribution in [2.45, 2.75) is 6.82 Å². The molecule has 0 bridgehead atoms. The Morgan fingerprint density at radius 1 is 1.27 bits per heavy atom. The molecule has 0 nitrogen and oxygen atoms in total. The number of hydrogen-bond acceptors (Lipinski definition) is 0. The smallest absolute Gasteiger partial charge is 0.0991 e. The Hall–Kier alpha value is -0.910. The van der Waals surface area contributed by atoms with Crippen LogP contribution in [0.2, 0.25) is 6.82 Å². The van der Waals surface area contributed by atoms with Crippen LogP contribution in [0.3, 0.4) is 0 Å². The normalized spacial score (nSPS) is 11.2. The lowest BCUT2D eigenvalue weighted by molar-refractivity contribution is 1.84. The van der Waals surface area contributed by atoms with Crippen LogP contribution in [-0.4, -0.2) is 14.3 Å². The van der Waals surface area contributed by atoms with Gasteiger partial charge in [-0.2, -0.15) is 0 Å². The molecule has 0 unspecified atom stereocenters. The maximum Gasteiger partial charge on any atom is 0.123 e. The molecule has 0 amide bonds. The summed E-state index contributed by atoms with van der Waals surface area (Å²) in [7, 11) is 2.28. The first-order chi connectivity index (χ1) is 5.35. The lowest BCUT2D eigenvalue weighted by atomic mass is 9.37. The first-order valence-corrected chi connectivity index (χ1v) is 3.95. The van der Waals surface area contributed by atoms with E-state index in [1.807, 2.05) is 18.2 Å². The zero-order chi connectivity index (χ0) is 8.53. The van der Waals surface area contributed by atoms with Crippen LogP contribution in [0.1, 0.15) is 0 Å². The van der Waals surface area contributed by atoms with Crippen LogP contribution < -0.4 is 0 Å². The van der Waals surface area contributed by atoms with E-state index >= 15 is 0 Å². The summed E-state index contributed by atoms with van der Waals surface area (Å²) in [6, 6.07) is 0. The van der Waals surface area contributed by atoms with Crippen molar-refractivity contribution in [3.05, 3.63) is 49.0 Å². The van der Waals surface area contributed by atoms with E-state index in [0.717, 1.165) is 7.17 Å². The molecule has 0 N–H and O–H groups in total. The molecular weight excluding hydrogens is 130 g/mol. The van der Waals surface area contributed by atoms with Crippen molar-refractivity contribution in [3.63, 3.8) is 0 Å². The summed E-state index contributed by atoms with van der Waals surface area (Å²) < 4.78 is 0. The van der Waals surface area contributed by atoms with Gasteiger partial charge in [0.15, 0.2) is 0 Å². The molecule has 0 aliphatic carbocycles. The SMILES string of the molecule is C=C/C=C\C(BBC)=C/C=C. The molecule has 0 aromatic heterocycles. The second-order valence-corrected chi connectivity index (χ2v) is 2.32. The second-order valence-electron chi connectivity index (χ2n) is 2.32. The van der Waals surface area contributed by atoms with Crippen LogP contribution in [0.15, 0.2) is 49.0 Å². The van der Waals surface area contributed by atoms with Crippen molar-refractivity contribution in [1.82, 2.24) is 0 Å². The van der Waals surface area contributed by atoms with Gasteiger partial charge in [-0.25, -0.2) is 0 Å². The van der Waals surface area contributed by atoms with Crippen LogP contribution in [-0.2, 0) is 0 Å². The van der Waals surface area contributed by atoms with Crippen molar-refractivity contribution in [3.8, 4) is 0 Å². The summed E-state index contributed by atoms with van der Waals surface area (Å²) in [6.07, 6.45) is 9.65. The molecule has 0 fully saturated rings. The van der Waals surface area contributed by atoms with Crippen LogP contribution in [0.4, 0.5) is 0 Å². The van der Waals surface area contributed by atoms with Gasteiger partial charge in [0.05, 0.1) is 7.17 Å². The molecule has 0 rings (SSSR count). The molecule has 56 valence electrons. The Balaban J connectivity index is 4.09. The number of allylic oxidation sites excluding steroid dienone is 6. The van der Waals surface area contributed by atoms with Gasteiger partial charge in [-0.3, -0.25) is 0 Å². The van der Waals surface area contributed by atoms with Gasteiger partial charge in [0, 0.05) is 0 Å². The predicted octanol–water partition coefficient (Wildman–Crippen LogP) is 1.63. The molecule has 0 aromatic rings. The van der Waals surface area contributed by atoms with Crippen molar-refractivity contribution in [2.75, 3.05) is 0 Å². The third-order valence-electron chi connectivity index (χ3n) is 1.32. The van der Waals surface area contributed by atoms with E-state index < -0.39 is 0 Å². The monoisotopic (exact) mass is 144 g/mol. The minimum Gasteiger partial charge on any atom is -0.0991 e. The van der Waals surface area contributed by atoms with Gasteiger partial charge in [-0.1, -0.05) is 55.8 Å². The van der Waals surface area contributed by atoms with Crippen molar-refractivity contribution >= 4 is 14.3 Å². The standard InChI is InChI=1S/C9H14B2/c1-4-6-8-9(7-5-2)11-10-3/h4-8,10-11H,1-2H2,3H3/b8-6-,9-7+. The molecule has 0 saturated heterocycles. The number of rotatable bonds is 5. The van der Waals surface area contributed by atoms with E-state index in [1.165, 1.54) is 12.6 Å². The number of hydrogen-bond donors (Lipinski definition) is 0. The van der Waals surface area contributed by atoms with E-state index in [4.69, 9.17) is 0 Å². The highest BCUT2D eigenvalue weighted by molar-refractivity contribution is 7.03. The van der Waals surface area contributed by atoms with Gasteiger partial charge < -0.3 is 0 Å². The molecule has 0 spiro atoms. The fraction of sp³-hybridized carbons (Fsp3) is 0.111. The van der Waals surface area contributed by atoms with Crippen LogP contribution in [0.5, 0.6) is 0 Å². The molecule has 0 heterocycles. The minimum absolute atomic E-state index is 1.11. The fourth-order valence-corrected chi connectivity index (χ4v) is 0.854. The molecule has 0 aliphatic rings. The Labute approximate surface area is 70.9 Å². The third-order valence-corrected chi connectivity index (χ3v) is 1.32. The van der Waals surface area contributed by atoms with E-state index in [9.17, 15) is 0 Å². The van der Waals surface area contributed by atoms with E-state index in [1.54, 1.807) is 6.08 Å². The first kappa shape index (κ1) is 10.1. The summed E-state index contributed by atoms with van der Waals surface area (Å²) in [5, 5.41) is 0. The zero-order valence-corrected chi connectivity index (χ0v) is 7.22. The van der Waals surface area contributed by atoms with E-state index in [2.05, 4.69) is 26.1 Å². The maximum absolute atomic E-state index is 3.65. The summed E-state index contributed by atoms with van der Waals surface area (Å²) >= 11 is 0. The molecule has 0 aromatic carbocycles.